The van der Waals surface area contributed by atoms with Crippen LogP contribution in [0, 0.1) is 0 Å². The van der Waals surface area contributed by atoms with Crippen LogP contribution in [-0.4, -0.2) is 60.0 Å². The van der Waals surface area contributed by atoms with Gasteiger partial charge in [-0.05, 0) is 30.3 Å². The summed E-state index contributed by atoms with van der Waals surface area (Å²) in [4.78, 5) is 20.5. The van der Waals surface area contributed by atoms with Gasteiger partial charge in [0.2, 0.25) is 5.91 Å². The third-order valence-electron chi connectivity index (χ3n) is 3.99. The Morgan fingerprint density at radius 1 is 1.24 bits per heavy atom. The van der Waals surface area contributed by atoms with Crippen LogP contribution in [0.3, 0.4) is 0 Å². The van der Waals surface area contributed by atoms with Crippen molar-refractivity contribution >= 4 is 34.9 Å². The van der Waals surface area contributed by atoms with Crippen molar-refractivity contribution in [1.82, 2.24) is 14.8 Å². The minimum atomic E-state index is 0.0484. The molecule has 1 saturated heterocycles. The van der Waals surface area contributed by atoms with E-state index >= 15 is 0 Å². The molecule has 0 radical (unpaired) electrons. The molecule has 0 saturated carbocycles. The van der Waals surface area contributed by atoms with E-state index in [1.165, 1.54) is 11.3 Å². The van der Waals surface area contributed by atoms with Crippen LogP contribution in [0.25, 0.3) is 6.08 Å². The predicted molar refractivity (Wildman–Crippen MR) is 101 cm³/mol. The minimum Gasteiger partial charge on any atom is -0.492 e. The summed E-state index contributed by atoms with van der Waals surface area (Å²) >= 11 is 7.38. The molecule has 5 nitrogen and oxygen atoms in total. The van der Waals surface area contributed by atoms with Gasteiger partial charge < -0.3 is 9.64 Å². The van der Waals surface area contributed by atoms with Crippen molar-refractivity contribution in [2.75, 3.05) is 39.3 Å². The maximum Gasteiger partial charge on any atom is 0.246 e. The topological polar surface area (TPSA) is 45.7 Å². The van der Waals surface area contributed by atoms with Gasteiger partial charge in [-0.3, -0.25) is 9.69 Å². The lowest BCUT2D eigenvalue weighted by Gasteiger charge is -2.34. The highest BCUT2D eigenvalue weighted by molar-refractivity contribution is 7.10. The third kappa shape index (κ3) is 5.56. The number of hydrogen-bond acceptors (Lipinski definition) is 5. The van der Waals surface area contributed by atoms with E-state index in [1.54, 1.807) is 18.3 Å². The second-order valence-corrected chi connectivity index (χ2v) is 7.04. The highest BCUT2D eigenvalue weighted by atomic mass is 35.5. The summed E-state index contributed by atoms with van der Waals surface area (Å²) in [6, 6.07) is 7.38. The summed E-state index contributed by atoms with van der Waals surface area (Å²) in [5.41, 5.74) is 0. The van der Waals surface area contributed by atoms with Crippen molar-refractivity contribution in [3.05, 3.63) is 51.9 Å². The predicted octanol–water partition coefficient (Wildman–Crippen LogP) is 3.03. The molecule has 1 aromatic heterocycles. The summed E-state index contributed by atoms with van der Waals surface area (Å²) in [6.45, 7) is 4.67. The van der Waals surface area contributed by atoms with Crippen LogP contribution in [0.15, 0.2) is 41.9 Å². The number of halogens is 1. The van der Waals surface area contributed by atoms with E-state index in [1.807, 2.05) is 34.5 Å². The molecule has 1 aliphatic rings. The van der Waals surface area contributed by atoms with Crippen molar-refractivity contribution in [2.24, 2.45) is 0 Å². The molecule has 0 N–H and O–H groups in total. The van der Waals surface area contributed by atoms with Gasteiger partial charge >= 0.3 is 0 Å². The van der Waals surface area contributed by atoms with Crippen molar-refractivity contribution in [3.8, 4) is 5.75 Å². The monoisotopic (exact) mass is 377 g/mol. The number of carbonyl (C=O) groups is 1. The van der Waals surface area contributed by atoms with Crippen molar-refractivity contribution in [1.29, 1.82) is 0 Å². The molecular weight excluding hydrogens is 358 g/mol. The van der Waals surface area contributed by atoms with E-state index in [0.29, 0.717) is 11.6 Å². The molecule has 0 spiro atoms. The van der Waals surface area contributed by atoms with E-state index in [4.69, 9.17) is 16.3 Å². The molecule has 3 rings (SSSR count). The molecule has 2 aromatic rings. The maximum absolute atomic E-state index is 12.2. The van der Waals surface area contributed by atoms with Gasteiger partial charge in [-0.1, -0.05) is 11.6 Å². The largest absolute Gasteiger partial charge is 0.492 e. The van der Waals surface area contributed by atoms with E-state index in [9.17, 15) is 4.79 Å². The van der Waals surface area contributed by atoms with Gasteiger partial charge in [-0.25, -0.2) is 4.98 Å². The first kappa shape index (κ1) is 17.9. The first-order valence-corrected chi connectivity index (χ1v) is 9.44. The van der Waals surface area contributed by atoms with Gasteiger partial charge in [0.15, 0.2) is 0 Å². The smallest absolute Gasteiger partial charge is 0.246 e. The number of amides is 1. The number of nitrogens with zero attached hydrogens (tertiary/aromatic N) is 3. The number of ether oxygens (including phenoxy) is 1. The Morgan fingerprint density at radius 3 is 2.68 bits per heavy atom. The van der Waals surface area contributed by atoms with Gasteiger partial charge in [0.1, 0.15) is 17.4 Å². The highest BCUT2D eigenvalue weighted by Crippen LogP contribution is 2.15. The average Bonchev–Trinajstić information content (AvgIpc) is 3.15. The van der Waals surface area contributed by atoms with Crippen LogP contribution in [0.1, 0.15) is 5.01 Å². The molecule has 0 bridgehead atoms. The first-order valence-electron chi connectivity index (χ1n) is 8.18. The lowest BCUT2D eigenvalue weighted by Crippen LogP contribution is -2.49. The van der Waals surface area contributed by atoms with E-state index in [2.05, 4.69) is 9.88 Å². The molecule has 2 heterocycles. The molecule has 0 unspecified atom stereocenters. The summed E-state index contributed by atoms with van der Waals surface area (Å²) < 4.78 is 5.72. The normalized spacial score (nSPS) is 15.6. The number of benzene rings is 1. The standard InChI is InChI=1S/C18H20ClN3O2S/c19-15-1-3-16(4-2-15)24-13-12-21-8-10-22(11-9-21)18(23)6-5-17-20-7-14-25-17/h1-7,14H,8-13H2/b6-5-. The van der Waals surface area contributed by atoms with Gasteiger partial charge in [0.05, 0.1) is 0 Å². The van der Waals surface area contributed by atoms with Crippen LogP contribution < -0.4 is 4.74 Å². The molecule has 132 valence electrons. The summed E-state index contributed by atoms with van der Waals surface area (Å²) in [5, 5.41) is 3.46. The molecular formula is C18H20ClN3O2S. The van der Waals surface area contributed by atoms with Crippen molar-refractivity contribution in [2.45, 2.75) is 0 Å². The summed E-state index contributed by atoms with van der Waals surface area (Å²) in [6.07, 6.45) is 5.12. The Morgan fingerprint density at radius 2 is 2.00 bits per heavy atom. The van der Waals surface area contributed by atoms with Crippen molar-refractivity contribution < 1.29 is 9.53 Å². The molecule has 0 aliphatic carbocycles. The zero-order chi connectivity index (χ0) is 17.5. The number of hydrogen-bond donors (Lipinski definition) is 0. The quantitative estimate of drug-likeness (QED) is 0.726. The van der Waals surface area contributed by atoms with Crippen molar-refractivity contribution in [3.63, 3.8) is 0 Å². The lowest BCUT2D eigenvalue weighted by atomic mass is 10.3. The fraction of sp³-hybridized carbons (Fsp3) is 0.333. The van der Waals surface area contributed by atoms with Crippen LogP contribution in [0.2, 0.25) is 5.02 Å². The fourth-order valence-electron chi connectivity index (χ4n) is 2.58. The number of carbonyl (C=O) groups excluding carboxylic acids is 1. The van der Waals surface area contributed by atoms with Crippen LogP contribution >= 0.6 is 22.9 Å². The maximum atomic E-state index is 12.2. The Bertz CT molecular complexity index is 696. The Kier molecular flexibility index (Phi) is 6.44. The van der Waals surface area contributed by atoms with Gasteiger partial charge in [-0.2, -0.15) is 0 Å². The number of aromatic nitrogens is 1. The minimum absolute atomic E-state index is 0.0484. The average molecular weight is 378 g/mol. The van der Waals surface area contributed by atoms with Gasteiger partial charge in [0, 0.05) is 55.4 Å². The van der Waals surface area contributed by atoms with Gasteiger partial charge in [0.25, 0.3) is 0 Å². The number of rotatable bonds is 6. The Labute approximate surface area is 156 Å². The molecule has 25 heavy (non-hydrogen) atoms. The first-order chi connectivity index (χ1) is 12.2. The molecule has 1 amide bonds. The third-order valence-corrected chi connectivity index (χ3v) is 4.99. The molecule has 7 heteroatoms. The SMILES string of the molecule is O=C(/C=C\c1nccs1)N1CCN(CCOc2ccc(Cl)cc2)CC1. The van der Waals surface area contributed by atoms with Crippen LogP contribution in [-0.2, 0) is 4.79 Å². The summed E-state index contributed by atoms with van der Waals surface area (Å²) in [7, 11) is 0. The molecule has 1 aromatic carbocycles. The molecule has 1 fully saturated rings. The van der Waals surface area contributed by atoms with Crippen LogP contribution in [0.4, 0.5) is 0 Å². The fourth-order valence-corrected chi connectivity index (χ4v) is 3.24. The number of piperazine rings is 1. The lowest BCUT2D eigenvalue weighted by molar-refractivity contribution is -0.127. The van der Waals surface area contributed by atoms with E-state index in [-0.39, 0.29) is 5.91 Å². The second-order valence-electron chi connectivity index (χ2n) is 5.67. The van der Waals surface area contributed by atoms with Gasteiger partial charge in [-0.15, -0.1) is 11.3 Å². The molecule has 0 atom stereocenters. The zero-order valence-electron chi connectivity index (χ0n) is 13.8. The second kappa shape index (κ2) is 8.99. The zero-order valence-corrected chi connectivity index (χ0v) is 15.4. The Hall–Kier alpha value is -1.89. The number of thiazole rings is 1. The Balaban J connectivity index is 1.36. The highest BCUT2D eigenvalue weighted by Gasteiger charge is 2.19. The molecule has 1 aliphatic heterocycles. The van der Waals surface area contributed by atoms with E-state index in [0.717, 1.165) is 43.5 Å². The van der Waals surface area contributed by atoms with E-state index < -0.39 is 0 Å². The summed E-state index contributed by atoms with van der Waals surface area (Å²) in [5.74, 6) is 0.873. The van der Waals surface area contributed by atoms with Crippen LogP contribution in [0.5, 0.6) is 5.75 Å².